The quantitative estimate of drug-likeness (QED) is 0.335. The topological polar surface area (TPSA) is 58.6 Å². The Hall–Kier alpha value is -3.02. The highest BCUT2D eigenvalue weighted by atomic mass is 35.5. The van der Waals surface area contributed by atoms with E-state index in [1.807, 2.05) is 77.1 Å². The van der Waals surface area contributed by atoms with Gasteiger partial charge in [-0.1, -0.05) is 65.7 Å². The summed E-state index contributed by atoms with van der Waals surface area (Å²) in [6.45, 7) is 9.52. The lowest BCUT2D eigenvalue weighted by Gasteiger charge is -2.33. The summed E-state index contributed by atoms with van der Waals surface area (Å²) in [5, 5.41) is 4.28. The minimum Gasteiger partial charge on any atom is -0.484 e. The number of halogens is 2. The third-order valence-corrected chi connectivity index (χ3v) is 6.61. The van der Waals surface area contributed by atoms with Gasteiger partial charge in [0.2, 0.25) is 5.91 Å². The van der Waals surface area contributed by atoms with Crippen molar-refractivity contribution in [1.29, 1.82) is 0 Å². The van der Waals surface area contributed by atoms with E-state index in [4.69, 9.17) is 27.9 Å². The highest BCUT2D eigenvalue weighted by Gasteiger charge is 2.32. The molecule has 5 nitrogen and oxygen atoms in total. The standard InChI is InChI=1S/C30H34Cl2N2O3/c1-20-14-25(15-21(2)28(20)32)37-19-27(35)34(18-23-12-9-13-24(31)16-23)26(29(36)33-30(3,4)5)17-22-10-7-6-8-11-22/h6-16,26H,17-19H2,1-5H3,(H,33,36)/t26-/m1/s1. The van der Waals surface area contributed by atoms with Crippen LogP contribution < -0.4 is 10.1 Å². The average Bonchev–Trinajstić information content (AvgIpc) is 2.82. The Labute approximate surface area is 229 Å². The first-order valence-corrected chi connectivity index (χ1v) is 13.0. The molecule has 196 valence electrons. The van der Waals surface area contributed by atoms with Crippen LogP contribution >= 0.6 is 23.2 Å². The summed E-state index contributed by atoms with van der Waals surface area (Å²) in [7, 11) is 0. The first kappa shape index (κ1) is 28.5. The van der Waals surface area contributed by atoms with Gasteiger partial charge < -0.3 is 15.0 Å². The molecule has 0 saturated carbocycles. The van der Waals surface area contributed by atoms with Crippen molar-refractivity contribution in [2.75, 3.05) is 6.61 Å². The number of ether oxygens (including phenoxy) is 1. The molecule has 0 spiro atoms. The van der Waals surface area contributed by atoms with E-state index < -0.39 is 11.6 Å². The van der Waals surface area contributed by atoms with E-state index in [9.17, 15) is 9.59 Å². The van der Waals surface area contributed by atoms with Crippen LogP contribution in [0.1, 0.15) is 43.0 Å². The summed E-state index contributed by atoms with van der Waals surface area (Å²) in [5.74, 6) is 0.00865. The highest BCUT2D eigenvalue weighted by molar-refractivity contribution is 6.32. The fourth-order valence-electron chi connectivity index (χ4n) is 4.06. The van der Waals surface area contributed by atoms with E-state index in [0.29, 0.717) is 22.2 Å². The summed E-state index contributed by atoms with van der Waals surface area (Å²) in [6.07, 6.45) is 0.355. The summed E-state index contributed by atoms with van der Waals surface area (Å²) >= 11 is 12.5. The van der Waals surface area contributed by atoms with Crippen LogP contribution in [-0.4, -0.2) is 34.9 Å². The Balaban J connectivity index is 1.94. The minimum atomic E-state index is -0.759. The smallest absolute Gasteiger partial charge is 0.261 e. The summed E-state index contributed by atoms with van der Waals surface area (Å²) in [4.78, 5) is 28.9. The van der Waals surface area contributed by atoms with Gasteiger partial charge in [0.05, 0.1) is 0 Å². The zero-order chi connectivity index (χ0) is 27.2. The van der Waals surface area contributed by atoms with Crippen molar-refractivity contribution >= 4 is 35.0 Å². The Kier molecular flexibility index (Phi) is 9.63. The number of hydrogen-bond donors (Lipinski definition) is 1. The number of nitrogens with one attached hydrogen (secondary N) is 1. The van der Waals surface area contributed by atoms with Crippen molar-refractivity contribution in [3.8, 4) is 5.75 Å². The van der Waals surface area contributed by atoms with Crippen LogP contribution in [0.3, 0.4) is 0 Å². The molecule has 1 N–H and O–H groups in total. The predicted molar refractivity (Wildman–Crippen MR) is 150 cm³/mol. The number of hydrogen-bond acceptors (Lipinski definition) is 3. The van der Waals surface area contributed by atoms with Crippen molar-refractivity contribution in [3.63, 3.8) is 0 Å². The molecule has 7 heteroatoms. The molecule has 3 aromatic carbocycles. The molecular weight excluding hydrogens is 507 g/mol. The van der Waals surface area contributed by atoms with E-state index in [1.54, 1.807) is 29.2 Å². The Morgan fingerprint density at radius 1 is 0.919 bits per heavy atom. The van der Waals surface area contributed by atoms with Crippen LogP contribution in [0.15, 0.2) is 66.7 Å². The fourth-order valence-corrected chi connectivity index (χ4v) is 4.38. The molecule has 0 aliphatic carbocycles. The van der Waals surface area contributed by atoms with Gasteiger partial charge in [-0.3, -0.25) is 9.59 Å². The molecule has 0 saturated heterocycles. The number of amides is 2. The van der Waals surface area contributed by atoms with Crippen LogP contribution in [0, 0.1) is 13.8 Å². The highest BCUT2D eigenvalue weighted by Crippen LogP contribution is 2.26. The number of carbonyl (C=O) groups is 2. The van der Waals surface area contributed by atoms with E-state index in [2.05, 4.69) is 5.32 Å². The maximum Gasteiger partial charge on any atom is 0.261 e. The van der Waals surface area contributed by atoms with Crippen molar-refractivity contribution < 1.29 is 14.3 Å². The van der Waals surface area contributed by atoms with Crippen LogP contribution in [0.4, 0.5) is 0 Å². The maximum atomic E-state index is 13.7. The Bertz CT molecular complexity index is 1220. The molecule has 1 atom stereocenters. The van der Waals surface area contributed by atoms with Gasteiger partial charge in [-0.15, -0.1) is 0 Å². The van der Waals surface area contributed by atoms with Gasteiger partial charge in [0.1, 0.15) is 11.8 Å². The minimum absolute atomic E-state index is 0.205. The molecular formula is C30H34Cl2N2O3. The number of nitrogens with zero attached hydrogens (tertiary/aromatic N) is 1. The fraction of sp³-hybridized carbons (Fsp3) is 0.333. The summed E-state index contributed by atoms with van der Waals surface area (Å²) < 4.78 is 5.90. The molecule has 0 aliphatic heterocycles. The van der Waals surface area contributed by atoms with E-state index in [0.717, 1.165) is 22.3 Å². The zero-order valence-electron chi connectivity index (χ0n) is 22.0. The van der Waals surface area contributed by atoms with Gasteiger partial charge in [0.15, 0.2) is 6.61 Å². The van der Waals surface area contributed by atoms with Crippen molar-refractivity contribution in [2.24, 2.45) is 0 Å². The molecule has 0 radical (unpaired) electrons. The Morgan fingerprint density at radius 3 is 2.14 bits per heavy atom. The van der Waals surface area contributed by atoms with E-state index in [1.165, 1.54) is 0 Å². The van der Waals surface area contributed by atoms with E-state index >= 15 is 0 Å². The molecule has 3 rings (SSSR count). The molecule has 0 aliphatic rings. The lowest BCUT2D eigenvalue weighted by atomic mass is 10.0. The number of rotatable bonds is 9. The van der Waals surface area contributed by atoms with Crippen LogP contribution in [0.2, 0.25) is 10.0 Å². The molecule has 0 unspecified atom stereocenters. The van der Waals surface area contributed by atoms with Gasteiger partial charge in [0, 0.05) is 28.5 Å². The average molecular weight is 542 g/mol. The molecule has 2 amide bonds. The molecule has 37 heavy (non-hydrogen) atoms. The summed E-state index contributed by atoms with van der Waals surface area (Å²) in [6, 6.07) is 19.8. The van der Waals surface area contributed by atoms with Crippen molar-refractivity contribution in [2.45, 2.75) is 59.2 Å². The lowest BCUT2D eigenvalue weighted by Crippen LogP contribution is -2.55. The molecule has 0 aromatic heterocycles. The molecule has 0 bridgehead atoms. The first-order valence-electron chi connectivity index (χ1n) is 12.2. The van der Waals surface area contributed by atoms with Crippen molar-refractivity contribution in [3.05, 3.63) is 99.0 Å². The van der Waals surface area contributed by atoms with Crippen molar-refractivity contribution in [1.82, 2.24) is 10.2 Å². The summed E-state index contributed by atoms with van der Waals surface area (Å²) in [5.41, 5.74) is 3.04. The van der Waals surface area contributed by atoms with Gasteiger partial charge in [0.25, 0.3) is 5.91 Å². The molecule has 0 heterocycles. The third-order valence-electron chi connectivity index (χ3n) is 5.78. The van der Waals surface area contributed by atoms with Gasteiger partial charge in [-0.25, -0.2) is 0 Å². The second-order valence-corrected chi connectivity index (χ2v) is 11.1. The Morgan fingerprint density at radius 2 is 1.54 bits per heavy atom. The lowest BCUT2D eigenvalue weighted by molar-refractivity contribution is -0.143. The number of aryl methyl sites for hydroxylation is 2. The monoisotopic (exact) mass is 540 g/mol. The second-order valence-electron chi connectivity index (χ2n) is 10.3. The second kappa shape index (κ2) is 12.5. The van der Waals surface area contributed by atoms with Gasteiger partial charge >= 0.3 is 0 Å². The SMILES string of the molecule is Cc1cc(OCC(=O)N(Cc2cccc(Cl)c2)[C@H](Cc2ccccc2)C(=O)NC(C)(C)C)cc(C)c1Cl. The van der Waals surface area contributed by atoms with Gasteiger partial charge in [-0.05, 0) is 81.1 Å². The van der Waals surface area contributed by atoms with Gasteiger partial charge in [-0.2, -0.15) is 0 Å². The van der Waals surface area contributed by atoms with Crippen LogP contribution in [0.5, 0.6) is 5.75 Å². The van der Waals surface area contributed by atoms with Crippen LogP contribution in [0.25, 0.3) is 0 Å². The number of benzene rings is 3. The first-order chi connectivity index (χ1) is 17.4. The zero-order valence-corrected chi connectivity index (χ0v) is 23.5. The third kappa shape index (κ3) is 8.51. The number of carbonyl (C=O) groups excluding carboxylic acids is 2. The normalized spacial score (nSPS) is 12.1. The van der Waals surface area contributed by atoms with E-state index in [-0.39, 0.29) is 25.0 Å². The molecule has 0 fully saturated rings. The molecule has 3 aromatic rings. The predicted octanol–water partition coefficient (Wildman–Crippen LogP) is 6.54. The largest absolute Gasteiger partial charge is 0.484 e. The van der Waals surface area contributed by atoms with Crippen LogP contribution in [-0.2, 0) is 22.6 Å². The maximum absolute atomic E-state index is 13.7.